The molecule has 0 atom stereocenters. The van der Waals surface area contributed by atoms with Gasteiger partial charge in [-0.3, -0.25) is 0 Å². The molecule has 0 bridgehead atoms. The van der Waals surface area contributed by atoms with Crippen molar-refractivity contribution in [2.75, 3.05) is 0 Å². The van der Waals surface area contributed by atoms with Crippen molar-refractivity contribution in [3.05, 3.63) is 61.7 Å². The normalized spacial score (nSPS) is 11.1. The van der Waals surface area contributed by atoms with E-state index in [0.29, 0.717) is 33.4 Å². The molecule has 0 aliphatic carbocycles. The number of aromatic carboxylic acids is 1. The summed E-state index contributed by atoms with van der Waals surface area (Å²) in [5.41, 5.74) is 3.36. The highest BCUT2D eigenvalue weighted by Gasteiger charge is 2.26. The second-order valence-corrected chi connectivity index (χ2v) is 7.12. The lowest BCUT2D eigenvalue weighted by atomic mass is 9.92. The van der Waals surface area contributed by atoms with Crippen LogP contribution in [0.1, 0.15) is 71.6 Å². The van der Waals surface area contributed by atoms with E-state index in [4.69, 9.17) is 4.74 Å². The lowest BCUT2D eigenvalue weighted by Gasteiger charge is -2.20. The molecular weight excluding hydrogens is 366 g/mol. The number of rotatable bonds is 4. The molecule has 1 N–H and O–H groups in total. The minimum Gasteiger partial charge on any atom is -0.478 e. The summed E-state index contributed by atoms with van der Waals surface area (Å²) >= 11 is 0. The minimum absolute atomic E-state index is 0.109. The molecular formula is C22H24F2O4. The van der Waals surface area contributed by atoms with Crippen LogP contribution >= 0.6 is 0 Å². The fourth-order valence-electron chi connectivity index (χ4n) is 3.75. The third-order valence-electron chi connectivity index (χ3n) is 5.42. The van der Waals surface area contributed by atoms with E-state index >= 15 is 0 Å². The first-order valence-corrected chi connectivity index (χ1v) is 8.84. The molecule has 0 aromatic heterocycles. The van der Waals surface area contributed by atoms with Gasteiger partial charge in [0.25, 0.3) is 6.43 Å². The smallest absolute Gasteiger partial charge is 0.344 e. The van der Waals surface area contributed by atoms with Crippen molar-refractivity contribution in [3.8, 4) is 5.75 Å². The number of hydrogen-bond donors (Lipinski definition) is 1. The van der Waals surface area contributed by atoms with Crippen molar-refractivity contribution in [1.82, 2.24) is 0 Å². The number of aryl methyl sites for hydroxylation is 2. The molecule has 2 aromatic rings. The van der Waals surface area contributed by atoms with Crippen LogP contribution < -0.4 is 4.74 Å². The highest BCUT2D eigenvalue weighted by Crippen LogP contribution is 2.35. The van der Waals surface area contributed by atoms with Crippen molar-refractivity contribution in [3.63, 3.8) is 0 Å². The molecule has 2 rings (SSSR count). The van der Waals surface area contributed by atoms with Gasteiger partial charge in [0.15, 0.2) is 0 Å². The summed E-state index contributed by atoms with van der Waals surface area (Å²) in [6, 6.07) is 1.55. The van der Waals surface area contributed by atoms with Crippen molar-refractivity contribution in [2.45, 2.75) is 54.9 Å². The van der Waals surface area contributed by atoms with Gasteiger partial charge in [0.1, 0.15) is 5.75 Å². The molecule has 0 radical (unpaired) electrons. The summed E-state index contributed by atoms with van der Waals surface area (Å²) in [4.78, 5) is 24.5. The van der Waals surface area contributed by atoms with Crippen molar-refractivity contribution >= 4 is 11.9 Å². The number of carbonyl (C=O) groups is 2. The van der Waals surface area contributed by atoms with Crippen LogP contribution in [0.15, 0.2) is 6.07 Å². The maximum absolute atomic E-state index is 13.4. The van der Waals surface area contributed by atoms with Crippen molar-refractivity contribution < 1.29 is 28.2 Å². The SMILES string of the molecule is Cc1cc(C)c(C(F)F)c(C)c1C(=O)Oc1c(C)c(C)c(C(=O)O)c(C)c1C. The average molecular weight is 390 g/mol. The van der Waals surface area contributed by atoms with Crippen LogP contribution in [0.4, 0.5) is 8.78 Å². The van der Waals surface area contributed by atoms with Crippen LogP contribution in [0.5, 0.6) is 5.75 Å². The Balaban J connectivity index is 2.62. The van der Waals surface area contributed by atoms with Gasteiger partial charge in [0.05, 0.1) is 11.1 Å². The molecule has 28 heavy (non-hydrogen) atoms. The number of carbonyl (C=O) groups excluding carboxylic acids is 1. The molecule has 6 heteroatoms. The number of alkyl halides is 2. The summed E-state index contributed by atoms with van der Waals surface area (Å²) in [5, 5.41) is 9.45. The van der Waals surface area contributed by atoms with E-state index in [-0.39, 0.29) is 28.0 Å². The lowest BCUT2D eigenvalue weighted by molar-refractivity contribution is 0.0694. The Morgan fingerprint density at radius 3 is 1.75 bits per heavy atom. The summed E-state index contributed by atoms with van der Waals surface area (Å²) in [5.74, 6) is -1.51. The molecule has 0 spiro atoms. The molecule has 0 fully saturated rings. The summed E-state index contributed by atoms with van der Waals surface area (Å²) in [7, 11) is 0. The van der Waals surface area contributed by atoms with Gasteiger partial charge in [-0.1, -0.05) is 6.07 Å². The molecule has 0 saturated heterocycles. The van der Waals surface area contributed by atoms with Crippen molar-refractivity contribution in [2.24, 2.45) is 0 Å². The molecule has 2 aromatic carbocycles. The Bertz CT molecular complexity index is 962. The van der Waals surface area contributed by atoms with E-state index in [0.717, 1.165) is 0 Å². The quantitative estimate of drug-likeness (QED) is 0.537. The first kappa shape index (κ1) is 21.5. The zero-order valence-electron chi connectivity index (χ0n) is 17.1. The van der Waals surface area contributed by atoms with Gasteiger partial charge in [-0.2, -0.15) is 0 Å². The highest BCUT2D eigenvalue weighted by molar-refractivity contribution is 5.96. The largest absolute Gasteiger partial charge is 0.478 e. The lowest BCUT2D eigenvalue weighted by Crippen LogP contribution is -2.17. The highest BCUT2D eigenvalue weighted by atomic mass is 19.3. The van der Waals surface area contributed by atoms with Gasteiger partial charge < -0.3 is 9.84 Å². The third kappa shape index (κ3) is 3.51. The molecule has 0 aliphatic rings. The fourth-order valence-corrected chi connectivity index (χ4v) is 3.75. The number of benzene rings is 2. The van der Waals surface area contributed by atoms with Gasteiger partial charge in [0.2, 0.25) is 0 Å². The third-order valence-corrected chi connectivity index (χ3v) is 5.42. The van der Waals surface area contributed by atoms with E-state index in [1.807, 2.05) is 0 Å². The minimum atomic E-state index is -2.70. The fraction of sp³-hybridized carbons (Fsp3) is 0.364. The van der Waals surface area contributed by atoms with E-state index < -0.39 is 18.4 Å². The van der Waals surface area contributed by atoms with E-state index in [1.54, 1.807) is 47.6 Å². The Hall–Kier alpha value is -2.76. The number of carboxylic acid groups (broad SMARTS) is 1. The molecule has 0 saturated carbocycles. The first-order valence-electron chi connectivity index (χ1n) is 8.84. The predicted molar refractivity (Wildman–Crippen MR) is 103 cm³/mol. The first-order chi connectivity index (χ1) is 12.9. The van der Waals surface area contributed by atoms with Gasteiger partial charge in [-0.15, -0.1) is 0 Å². The van der Waals surface area contributed by atoms with E-state index in [2.05, 4.69) is 0 Å². The molecule has 150 valence electrons. The summed E-state index contributed by atoms with van der Waals surface area (Å²) in [6.07, 6.45) is -2.70. The van der Waals surface area contributed by atoms with Crippen molar-refractivity contribution in [1.29, 1.82) is 0 Å². The molecule has 0 unspecified atom stereocenters. The standard InChI is InChI=1S/C22H24F2O4/c1-9-8-10(2)17(15(7)16(9)20(23)24)22(27)28-19-13(5)11(3)18(21(25)26)12(4)14(19)6/h8,20H,1-7H3,(H,25,26). The van der Waals surface area contributed by atoms with Gasteiger partial charge in [-0.05, 0) is 87.4 Å². The molecule has 0 heterocycles. The summed E-state index contributed by atoms with van der Waals surface area (Å²) < 4.78 is 32.5. The van der Waals surface area contributed by atoms with Crippen LogP contribution in [0, 0.1) is 48.5 Å². The number of esters is 1. The number of carboxylic acids is 1. The Morgan fingerprint density at radius 1 is 0.821 bits per heavy atom. The monoisotopic (exact) mass is 390 g/mol. The molecule has 4 nitrogen and oxygen atoms in total. The van der Waals surface area contributed by atoms with Crippen LogP contribution in [-0.4, -0.2) is 17.0 Å². The maximum Gasteiger partial charge on any atom is 0.344 e. The van der Waals surface area contributed by atoms with Crippen LogP contribution in [-0.2, 0) is 0 Å². The van der Waals surface area contributed by atoms with Gasteiger partial charge in [-0.25, -0.2) is 18.4 Å². The average Bonchev–Trinajstić information content (AvgIpc) is 2.55. The zero-order valence-corrected chi connectivity index (χ0v) is 17.1. The summed E-state index contributed by atoms with van der Waals surface area (Å²) in [6.45, 7) is 11.4. The topological polar surface area (TPSA) is 63.6 Å². The number of halogens is 2. The number of hydrogen-bond acceptors (Lipinski definition) is 3. The van der Waals surface area contributed by atoms with E-state index in [1.165, 1.54) is 6.92 Å². The van der Waals surface area contributed by atoms with Crippen LogP contribution in [0.3, 0.4) is 0 Å². The molecule has 0 amide bonds. The van der Waals surface area contributed by atoms with Gasteiger partial charge in [0, 0.05) is 5.56 Å². The Labute approximate surface area is 163 Å². The Morgan fingerprint density at radius 2 is 1.32 bits per heavy atom. The van der Waals surface area contributed by atoms with Crippen LogP contribution in [0.2, 0.25) is 0 Å². The van der Waals surface area contributed by atoms with Gasteiger partial charge >= 0.3 is 11.9 Å². The second-order valence-electron chi connectivity index (χ2n) is 7.12. The second kappa shape index (κ2) is 7.70. The zero-order chi connectivity index (χ0) is 21.5. The number of ether oxygens (including phenoxy) is 1. The van der Waals surface area contributed by atoms with E-state index in [9.17, 15) is 23.5 Å². The maximum atomic E-state index is 13.4. The predicted octanol–water partition coefficient (Wildman–Crippen LogP) is 5.70. The molecule has 0 aliphatic heterocycles. The Kier molecular flexibility index (Phi) is 5.92. The van der Waals surface area contributed by atoms with Crippen LogP contribution in [0.25, 0.3) is 0 Å².